The molecule has 0 heterocycles. The van der Waals surface area contributed by atoms with Crippen molar-refractivity contribution in [1.82, 2.24) is 5.32 Å². The first kappa shape index (κ1) is 13.9. The average molecular weight is 272 g/mol. The molecule has 0 fully saturated rings. The Labute approximate surface area is 119 Å². The maximum atomic E-state index is 6.19. The van der Waals surface area contributed by atoms with Gasteiger partial charge in [0, 0.05) is 17.6 Å². The van der Waals surface area contributed by atoms with Crippen molar-refractivity contribution in [3.05, 3.63) is 77.3 Å². The number of hydrogen-bond donors (Lipinski definition) is 1. The Morgan fingerprint density at radius 3 is 2.42 bits per heavy atom. The topological polar surface area (TPSA) is 12.0 Å². The third-order valence-corrected chi connectivity index (χ3v) is 3.52. The Morgan fingerprint density at radius 1 is 1.11 bits per heavy atom. The van der Waals surface area contributed by atoms with E-state index in [0.717, 1.165) is 22.7 Å². The SMILES string of the molecule is C=C(CN[C@@H](C)c1ccccc1Cl)c1ccccc1. The van der Waals surface area contributed by atoms with Gasteiger partial charge in [-0.05, 0) is 29.7 Å². The molecular weight excluding hydrogens is 254 g/mol. The van der Waals surface area contributed by atoms with Gasteiger partial charge in [0.2, 0.25) is 0 Å². The monoisotopic (exact) mass is 271 g/mol. The zero-order valence-electron chi connectivity index (χ0n) is 11.1. The van der Waals surface area contributed by atoms with Crippen LogP contribution in [0.2, 0.25) is 5.02 Å². The normalized spacial score (nSPS) is 12.1. The van der Waals surface area contributed by atoms with E-state index in [1.54, 1.807) is 0 Å². The summed E-state index contributed by atoms with van der Waals surface area (Å²) in [5, 5.41) is 4.25. The highest BCUT2D eigenvalue weighted by atomic mass is 35.5. The third-order valence-electron chi connectivity index (χ3n) is 3.18. The van der Waals surface area contributed by atoms with Crippen LogP contribution in [0.5, 0.6) is 0 Å². The van der Waals surface area contributed by atoms with Gasteiger partial charge in [0.05, 0.1) is 0 Å². The molecule has 0 amide bonds. The molecule has 0 aliphatic rings. The van der Waals surface area contributed by atoms with E-state index in [4.69, 9.17) is 11.6 Å². The highest BCUT2D eigenvalue weighted by Gasteiger charge is 2.08. The molecule has 0 unspecified atom stereocenters. The fourth-order valence-corrected chi connectivity index (χ4v) is 2.29. The first-order chi connectivity index (χ1) is 9.18. The van der Waals surface area contributed by atoms with E-state index in [-0.39, 0.29) is 6.04 Å². The molecule has 98 valence electrons. The molecular formula is C17H18ClN. The van der Waals surface area contributed by atoms with Crippen LogP contribution in [0, 0.1) is 0 Å². The summed E-state index contributed by atoms with van der Waals surface area (Å²) in [5.74, 6) is 0. The van der Waals surface area contributed by atoms with E-state index in [1.807, 2.05) is 42.5 Å². The predicted molar refractivity (Wildman–Crippen MR) is 83.3 cm³/mol. The van der Waals surface area contributed by atoms with Crippen molar-refractivity contribution in [1.29, 1.82) is 0 Å². The predicted octanol–water partition coefficient (Wildman–Crippen LogP) is 4.70. The molecule has 1 N–H and O–H groups in total. The lowest BCUT2D eigenvalue weighted by atomic mass is 10.1. The summed E-state index contributed by atoms with van der Waals surface area (Å²) in [6, 6.07) is 18.3. The lowest BCUT2D eigenvalue weighted by Gasteiger charge is -2.16. The van der Waals surface area contributed by atoms with Crippen LogP contribution in [-0.2, 0) is 0 Å². The molecule has 1 nitrogen and oxygen atoms in total. The Bertz CT molecular complexity index is 548. The standard InChI is InChI=1S/C17H18ClN/c1-13(15-8-4-3-5-9-15)12-19-14(2)16-10-6-7-11-17(16)18/h3-11,14,19H,1,12H2,2H3/t14-/m0/s1. The van der Waals surface area contributed by atoms with Gasteiger partial charge in [-0.25, -0.2) is 0 Å². The molecule has 0 radical (unpaired) electrons. The molecule has 2 rings (SSSR count). The fraction of sp³-hybridized carbons (Fsp3) is 0.176. The molecule has 0 spiro atoms. The van der Waals surface area contributed by atoms with E-state index in [9.17, 15) is 0 Å². The summed E-state index contributed by atoms with van der Waals surface area (Å²) in [6.45, 7) is 6.97. The van der Waals surface area contributed by atoms with Crippen LogP contribution >= 0.6 is 11.6 Å². The van der Waals surface area contributed by atoms with Crippen LogP contribution in [0.4, 0.5) is 0 Å². The Balaban J connectivity index is 1.96. The third kappa shape index (κ3) is 3.69. The van der Waals surface area contributed by atoms with Crippen LogP contribution in [0.15, 0.2) is 61.2 Å². The van der Waals surface area contributed by atoms with E-state index in [1.165, 1.54) is 5.56 Å². The Hall–Kier alpha value is -1.57. The van der Waals surface area contributed by atoms with E-state index < -0.39 is 0 Å². The Kier molecular flexibility index (Phi) is 4.78. The smallest absolute Gasteiger partial charge is 0.0453 e. The van der Waals surface area contributed by atoms with Crippen LogP contribution in [0.25, 0.3) is 5.57 Å². The first-order valence-corrected chi connectivity index (χ1v) is 6.77. The molecule has 0 aromatic heterocycles. The van der Waals surface area contributed by atoms with E-state index in [2.05, 4.69) is 31.0 Å². The minimum Gasteiger partial charge on any atom is -0.306 e. The molecule has 19 heavy (non-hydrogen) atoms. The van der Waals surface area contributed by atoms with Crippen LogP contribution in [0.1, 0.15) is 24.1 Å². The zero-order chi connectivity index (χ0) is 13.7. The van der Waals surface area contributed by atoms with Crippen LogP contribution in [0.3, 0.4) is 0 Å². The molecule has 0 aliphatic carbocycles. The number of rotatable bonds is 5. The molecule has 0 bridgehead atoms. The van der Waals surface area contributed by atoms with Gasteiger partial charge in [-0.1, -0.05) is 66.7 Å². The van der Waals surface area contributed by atoms with Gasteiger partial charge in [0.15, 0.2) is 0 Å². The maximum absolute atomic E-state index is 6.19. The van der Waals surface area contributed by atoms with Crippen molar-refractivity contribution in [3.63, 3.8) is 0 Å². The minimum atomic E-state index is 0.203. The summed E-state index contributed by atoms with van der Waals surface area (Å²) >= 11 is 6.19. The Morgan fingerprint density at radius 2 is 1.74 bits per heavy atom. The van der Waals surface area contributed by atoms with Crippen molar-refractivity contribution in [2.24, 2.45) is 0 Å². The van der Waals surface area contributed by atoms with E-state index >= 15 is 0 Å². The largest absolute Gasteiger partial charge is 0.306 e. The second-order valence-electron chi connectivity index (χ2n) is 4.59. The summed E-state index contributed by atoms with van der Waals surface area (Å²) in [4.78, 5) is 0. The number of hydrogen-bond acceptors (Lipinski definition) is 1. The molecule has 0 saturated carbocycles. The molecule has 0 saturated heterocycles. The molecule has 2 aromatic rings. The van der Waals surface area contributed by atoms with Crippen molar-refractivity contribution in [2.75, 3.05) is 6.54 Å². The van der Waals surface area contributed by atoms with E-state index in [0.29, 0.717) is 0 Å². The summed E-state index contributed by atoms with van der Waals surface area (Å²) in [7, 11) is 0. The van der Waals surface area contributed by atoms with Gasteiger partial charge in [0.25, 0.3) is 0 Å². The maximum Gasteiger partial charge on any atom is 0.0453 e. The first-order valence-electron chi connectivity index (χ1n) is 6.39. The molecule has 2 aromatic carbocycles. The quantitative estimate of drug-likeness (QED) is 0.831. The van der Waals surface area contributed by atoms with Gasteiger partial charge in [0.1, 0.15) is 0 Å². The summed E-state index contributed by atoms with van der Waals surface area (Å²) in [5.41, 5.74) is 3.37. The zero-order valence-corrected chi connectivity index (χ0v) is 11.8. The number of benzene rings is 2. The van der Waals surface area contributed by atoms with Crippen molar-refractivity contribution in [3.8, 4) is 0 Å². The van der Waals surface area contributed by atoms with Gasteiger partial charge in [-0.3, -0.25) is 0 Å². The average Bonchev–Trinajstić information content (AvgIpc) is 2.46. The minimum absolute atomic E-state index is 0.203. The van der Waals surface area contributed by atoms with Gasteiger partial charge in [-0.15, -0.1) is 0 Å². The van der Waals surface area contributed by atoms with Gasteiger partial charge < -0.3 is 5.32 Å². The van der Waals surface area contributed by atoms with Crippen LogP contribution < -0.4 is 5.32 Å². The summed E-state index contributed by atoms with van der Waals surface area (Å²) in [6.07, 6.45) is 0. The van der Waals surface area contributed by atoms with Crippen LogP contribution in [-0.4, -0.2) is 6.54 Å². The second kappa shape index (κ2) is 6.55. The second-order valence-corrected chi connectivity index (χ2v) is 5.00. The van der Waals surface area contributed by atoms with Crippen molar-refractivity contribution in [2.45, 2.75) is 13.0 Å². The van der Waals surface area contributed by atoms with Crippen molar-refractivity contribution >= 4 is 17.2 Å². The van der Waals surface area contributed by atoms with Gasteiger partial charge in [-0.2, -0.15) is 0 Å². The molecule has 1 atom stereocenters. The highest BCUT2D eigenvalue weighted by molar-refractivity contribution is 6.31. The highest BCUT2D eigenvalue weighted by Crippen LogP contribution is 2.22. The number of nitrogens with one attached hydrogen (secondary N) is 1. The van der Waals surface area contributed by atoms with Crippen molar-refractivity contribution < 1.29 is 0 Å². The summed E-state index contributed by atoms with van der Waals surface area (Å²) < 4.78 is 0. The lowest BCUT2D eigenvalue weighted by molar-refractivity contribution is 0.623. The lowest BCUT2D eigenvalue weighted by Crippen LogP contribution is -2.20. The fourth-order valence-electron chi connectivity index (χ4n) is 1.99. The molecule has 0 aliphatic heterocycles. The number of halogens is 1. The molecule has 2 heteroatoms. The van der Waals surface area contributed by atoms with Gasteiger partial charge >= 0.3 is 0 Å².